The molecule has 0 bridgehead atoms. The second-order valence-corrected chi connectivity index (χ2v) is 6.74. The highest BCUT2D eigenvalue weighted by molar-refractivity contribution is 5.97. The number of nitrogens with zero attached hydrogens (tertiary/aromatic N) is 2. The zero-order valence-corrected chi connectivity index (χ0v) is 13.6. The number of rotatable bonds is 4. The van der Waals surface area contributed by atoms with Gasteiger partial charge in [0.1, 0.15) is 0 Å². The summed E-state index contributed by atoms with van der Waals surface area (Å²) in [4.78, 5) is 16.9. The Labute approximate surface area is 135 Å². The molecule has 2 aromatic heterocycles. The highest BCUT2D eigenvalue weighted by Crippen LogP contribution is 2.57. The van der Waals surface area contributed by atoms with Gasteiger partial charge in [0.15, 0.2) is 5.65 Å². The SMILES string of the molecule is CCO[C@H]1C[C@@H](NC(=O)c2cnc3n[nH]c(C)c3c2)C12CCC2. The van der Waals surface area contributed by atoms with Gasteiger partial charge in [-0.2, -0.15) is 5.10 Å². The second kappa shape index (κ2) is 5.30. The van der Waals surface area contributed by atoms with E-state index in [1.54, 1.807) is 6.20 Å². The van der Waals surface area contributed by atoms with Crippen molar-refractivity contribution in [1.82, 2.24) is 20.5 Å². The lowest BCUT2D eigenvalue weighted by molar-refractivity contribution is -0.169. The van der Waals surface area contributed by atoms with E-state index in [-0.39, 0.29) is 17.4 Å². The summed E-state index contributed by atoms with van der Waals surface area (Å²) in [5, 5.41) is 11.1. The van der Waals surface area contributed by atoms with Gasteiger partial charge in [0.05, 0.1) is 11.7 Å². The molecule has 2 N–H and O–H groups in total. The smallest absolute Gasteiger partial charge is 0.253 e. The number of pyridine rings is 1. The number of carbonyl (C=O) groups is 1. The summed E-state index contributed by atoms with van der Waals surface area (Å²) < 4.78 is 5.84. The van der Waals surface area contributed by atoms with Crippen molar-refractivity contribution in [3.63, 3.8) is 0 Å². The van der Waals surface area contributed by atoms with Gasteiger partial charge in [-0.05, 0) is 39.2 Å². The Morgan fingerprint density at radius 2 is 2.35 bits per heavy atom. The molecule has 0 aromatic carbocycles. The van der Waals surface area contributed by atoms with E-state index < -0.39 is 0 Å². The summed E-state index contributed by atoms with van der Waals surface area (Å²) in [6, 6.07) is 2.09. The van der Waals surface area contributed by atoms with Crippen LogP contribution in [0.1, 0.15) is 48.7 Å². The van der Waals surface area contributed by atoms with Crippen LogP contribution in [-0.4, -0.2) is 39.8 Å². The van der Waals surface area contributed by atoms with E-state index in [0.717, 1.165) is 36.9 Å². The first-order valence-electron chi connectivity index (χ1n) is 8.37. The van der Waals surface area contributed by atoms with Crippen LogP contribution in [0.15, 0.2) is 12.3 Å². The number of fused-ring (bicyclic) bond motifs is 1. The highest BCUT2D eigenvalue weighted by Gasteiger charge is 2.59. The molecule has 2 aromatic rings. The van der Waals surface area contributed by atoms with Crippen molar-refractivity contribution in [2.75, 3.05) is 6.61 Å². The van der Waals surface area contributed by atoms with Crippen molar-refractivity contribution in [3.8, 4) is 0 Å². The molecule has 1 spiro atoms. The molecule has 2 saturated carbocycles. The third-order valence-electron chi connectivity index (χ3n) is 5.60. The predicted molar refractivity (Wildman–Crippen MR) is 86.2 cm³/mol. The number of hydrogen-bond acceptors (Lipinski definition) is 4. The van der Waals surface area contributed by atoms with Crippen molar-refractivity contribution in [2.45, 2.75) is 51.7 Å². The van der Waals surface area contributed by atoms with Crippen LogP contribution in [0.4, 0.5) is 0 Å². The van der Waals surface area contributed by atoms with E-state index in [1.807, 2.05) is 19.9 Å². The Hall–Kier alpha value is -1.95. The molecular weight excluding hydrogens is 292 g/mol. The maximum atomic E-state index is 12.6. The number of aryl methyl sites for hydroxylation is 1. The lowest BCUT2D eigenvalue weighted by Gasteiger charge is -2.61. The van der Waals surface area contributed by atoms with Gasteiger partial charge in [-0.25, -0.2) is 4.98 Å². The van der Waals surface area contributed by atoms with Gasteiger partial charge < -0.3 is 10.1 Å². The number of aromatic nitrogens is 3. The molecule has 2 heterocycles. The maximum Gasteiger partial charge on any atom is 0.253 e. The summed E-state index contributed by atoms with van der Waals surface area (Å²) in [7, 11) is 0. The van der Waals surface area contributed by atoms with E-state index in [9.17, 15) is 4.79 Å². The minimum Gasteiger partial charge on any atom is -0.378 e. The number of amides is 1. The van der Waals surface area contributed by atoms with E-state index in [4.69, 9.17) is 4.74 Å². The zero-order chi connectivity index (χ0) is 16.0. The Bertz CT molecular complexity index is 750. The van der Waals surface area contributed by atoms with Crippen molar-refractivity contribution in [1.29, 1.82) is 0 Å². The molecule has 122 valence electrons. The van der Waals surface area contributed by atoms with Crippen LogP contribution in [0.25, 0.3) is 11.0 Å². The largest absolute Gasteiger partial charge is 0.378 e. The lowest BCUT2D eigenvalue weighted by atomic mass is 9.51. The number of ether oxygens (including phenoxy) is 1. The summed E-state index contributed by atoms with van der Waals surface area (Å²) >= 11 is 0. The van der Waals surface area contributed by atoms with Gasteiger partial charge in [-0.1, -0.05) is 6.42 Å². The Kier molecular flexibility index (Phi) is 3.37. The van der Waals surface area contributed by atoms with Gasteiger partial charge >= 0.3 is 0 Å². The molecule has 6 heteroatoms. The number of carbonyl (C=O) groups excluding carboxylic acids is 1. The van der Waals surface area contributed by atoms with Crippen LogP contribution < -0.4 is 5.32 Å². The molecule has 23 heavy (non-hydrogen) atoms. The molecule has 2 fully saturated rings. The molecule has 0 unspecified atom stereocenters. The van der Waals surface area contributed by atoms with Crippen molar-refractivity contribution < 1.29 is 9.53 Å². The first-order valence-corrected chi connectivity index (χ1v) is 8.37. The number of nitrogens with one attached hydrogen (secondary N) is 2. The third-order valence-corrected chi connectivity index (χ3v) is 5.60. The first kappa shape index (κ1) is 14.6. The van der Waals surface area contributed by atoms with Crippen LogP contribution in [0, 0.1) is 12.3 Å². The summed E-state index contributed by atoms with van der Waals surface area (Å²) in [5.74, 6) is -0.0498. The van der Waals surface area contributed by atoms with Crippen molar-refractivity contribution in [2.24, 2.45) is 5.41 Å². The molecule has 0 saturated heterocycles. The minimum absolute atomic E-state index is 0.0498. The molecule has 2 aliphatic rings. The number of H-pyrrole nitrogens is 1. The summed E-state index contributed by atoms with van der Waals surface area (Å²) in [5.41, 5.74) is 2.35. The zero-order valence-electron chi connectivity index (χ0n) is 13.6. The first-order chi connectivity index (χ1) is 11.1. The van der Waals surface area contributed by atoms with E-state index in [2.05, 4.69) is 20.5 Å². The summed E-state index contributed by atoms with van der Waals surface area (Å²) in [6.45, 7) is 4.71. The Morgan fingerprint density at radius 3 is 3.04 bits per heavy atom. The third kappa shape index (κ3) is 2.16. The van der Waals surface area contributed by atoms with Crippen LogP contribution in [-0.2, 0) is 4.74 Å². The summed E-state index contributed by atoms with van der Waals surface area (Å²) in [6.07, 6.45) is 6.37. The van der Waals surface area contributed by atoms with E-state index >= 15 is 0 Å². The second-order valence-electron chi connectivity index (χ2n) is 6.74. The molecule has 0 radical (unpaired) electrons. The monoisotopic (exact) mass is 314 g/mol. The maximum absolute atomic E-state index is 12.6. The molecule has 1 amide bonds. The van der Waals surface area contributed by atoms with Gasteiger partial charge in [0.25, 0.3) is 5.91 Å². The minimum atomic E-state index is -0.0498. The number of aromatic amines is 1. The van der Waals surface area contributed by atoms with Gasteiger partial charge in [-0.3, -0.25) is 9.89 Å². The lowest BCUT2D eigenvalue weighted by Crippen LogP contribution is -2.67. The topological polar surface area (TPSA) is 79.9 Å². The molecule has 2 atom stereocenters. The fourth-order valence-corrected chi connectivity index (χ4v) is 4.03. The van der Waals surface area contributed by atoms with Crippen LogP contribution in [0.3, 0.4) is 0 Å². The molecule has 4 rings (SSSR count). The predicted octanol–water partition coefficient (Wildman–Crippen LogP) is 2.34. The fraction of sp³-hybridized carbons (Fsp3) is 0.588. The van der Waals surface area contributed by atoms with Crippen LogP contribution in [0.2, 0.25) is 0 Å². The average molecular weight is 314 g/mol. The molecule has 0 aliphatic heterocycles. The van der Waals surface area contributed by atoms with Crippen molar-refractivity contribution in [3.05, 3.63) is 23.5 Å². The molecular formula is C17H22N4O2. The van der Waals surface area contributed by atoms with E-state index in [0.29, 0.717) is 17.3 Å². The molecule has 6 nitrogen and oxygen atoms in total. The van der Waals surface area contributed by atoms with Crippen molar-refractivity contribution >= 4 is 16.9 Å². The van der Waals surface area contributed by atoms with E-state index in [1.165, 1.54) is 6.42 Å². The normalized spacial score (nSPS) is 25.1. The van der Waals surface area contributed by atoms with Gasteiger partial charge in [-0.15, -0.1) is 0 Å². The standard InChI is InChI=1S/C17H22N4O2/c1-3-23-14-8-13(17(14)5-4-6-17)19-16(22)11-7-12-10(2)20-21-15(12)18-9-11/h7,9,13-14H,3-6,8H2,1-2H3,(H,19,22)(H,18,20,21)/t13-,14+/m1/s1. The average Bonchev–Trinajstić information content (AvgIpc) is 2.85. The Balaban J connectivity index is 1.50. The number of hydrogen-bond donors (Lipinski definition) is 2. The fourth-order valence-electron chi connectivity index (χ4n) is 4.03. The molecule has 2 aliphatic carbocycles. The van der Waals surface area contributed by atoms with Crippen LogP contribution >= 0.6 is 0 Å². The van der Waals surface area contributed by atoms with Gasteiger partial charge in [0.2, 0.25) is 0 Å². The highest BCUT2D eigenvalue weighted by atomic mass is 16.5. The van der Waals surface area contributed by atoms with Gasteiger partial charge in [0, 0.05) is 35.3 Å². The Morgan fingerprint density at radius 1 is 1.52 bits per heavy atom. The quantitative estimate of drug-likeness (QED) is 0.908. The van der Waals surface area contributed by atoms with Crippen LogP contribution in [0.5, 0.6) is 0 Å².